The number of nitrogens with two attached hydrogens (primary N) is 1. The Morgan fingerprint density at radius 2 is 2.05 bits per heavy atom. The Balaban J connectivity index is 1.61. The van der Waals surface area contributed by atoms with Gasteiger partial charge in [0.25, 0.3) is 0 Å². The van der Waals surface area contributed by atoms with E-state index in [0.29, 0.717) is 18.4 Å². The van der Waals surface area contributed by atoms with Crippen molar-refractivity contribution in [2.24, 2.45) is 11.7 Å². The summed E-state index contributed by atoms with van der Waals surface area (Å²) in [4.78, 5) is 24.8. The molecule has 2 heterocycles. The average Bonchev–Trinajstić information content (AvgIpc) is 3.31. The summed E-state index contributed by atoms with van der Waals surface area (Å²) >= 11 is 0. The molecule has 1 aromatic rings. The molecule has 0 spiro atoms. The van der Waals surface area contributed by atoms with E-state index >= 15 is 0 Å². The zero-order valence-corrected chi connectivity index (χ0v) is 11.0. The maximum absolute atomic E-state index is 12.0. The second-order valence-electron chi connectivity index (χ2n) is 5.14. The van der Waals surface area contributed by atoms with Crippen molar-refractivity contribution in [1.29, 1.82) is 0 Å². The van der Waals surface area contributed by atoms with Crippen molar-refractivity contribution in [2.75, 3.05) is 31.1 Å². The summed E-state index contributed by atoms with van der Waals surface area (Å²) in [5.41, 5.74) is 6.44. The predicted octanol–water partition coefficient (Wildman–Crippen LogP) is -0.00610. The van der Waals surface area contributed by atoms with Crippen LogP contribution in [0.4, 0.5) is 5.95 Å². The van der Waals surface area contributed by atoms with E-state index in [0.717, 1.165) is 50.7 Å². The van der Waals surface area contributed by atoms with Crippen LogP contribution in [0.1, 0.15) is 18.5 Å². The van der Waals surface area contributed by atoms with Crippen LogP contribution >= 0.6 is 0 Å². The molecule has 102 valence electrons. The molecule has 19 heavy (non-hydrogen) atoms. The molecule has 1 aliphatic carbocycles. The van der Waals surface area contributed by atoms with Gasteiger partial charge in [-0.1, -0.05) is 0 Å². The van der Waals surface area contributed by atoms with Crippen LogP contribution in [0, 0.1) is 5.92 Å². The van der Waals surface area contributed by atoms with Gasteiger partial charge in [-0.15, -0.1) is 0 Å². The second-order valence-corrected chi connectivity index (χ2v) is 5.14. The highest BCUT2D eigenvalue weighted by Gasteiger charge is 2.34. The van der Waals surface area contributed by atoms with Crippen LogP contribution in [0.5, 0.6) is 0 Å². The lowest BCUT2D eigenvalue weighted by atomic mass is 10.2. The minimum Gasteiger partial charge on any atom is -0.339 e. The molecule has 1 aliphatic heterocycles. The molecule has 0 bridgehead atoms. The third kappa shape index (κ3) is 2.68. The van der Waals surface area contributed by atoms with Gasteiger partial charge in [0.2, 0.25) is 11.9 Å². The van der Waals surface area contributed by atoms with Gasteiger partial charge in [-0.05, 0) is 18.9 Å². The van der Waals surface area contributed by atoms with Crippen molar-refractivity contribution in [2.45, 2.75) is 19.4 Å². The monoisotopic (exact) mass is 261 g/mol. The molecular weight excluding hydrogens is 242 g/mol. The molecule has 0 atom stereocenters. The fourth-order valence-corrected chi connectivity index (χ4v) is 2.37. The predicted molar refractivity (Wildman–Crippen MR) is 71.4 cm³/mol. The number of rotatable bonds is 3. The van der Waals surface area contributed by atoms with Crippen molar-refractivity contribution in [3.8, 4) is 0 Å². The lowest BCUT2D eigenvalue weighted by Gasteiger charge is -2.34. The molecule has 0 radical (unpaired) electrons. The summed E-state index contributed by atoms with van der Waals surface area (Å²) in [5, 5.41) is 0. The first-order valence-electron chi connectivity index (χ1n) is 6.83. The van der Waals surface area contributed by atoms with E-state index in [-0.39, 0.29) is 0 Å². The van der Waals surface area contributed by atoms with Crippen LogP contribution in [0.3, 0.4) is 0 Å². The molecule has 1 aromatic heterocycles. The Kier molecular flexibility index (Phi) is 3.33. The summed E-state index contributed by atoms with van der Waals surface area (Å²) in [6, 6.07) is 1.83. The topological polar surface area (TPSA) is 75.3 Å². The van der Waals surface area contributed by atoms with Crippen molar-refractivity contribution >= 4 is 11.9 Å². The van der Waals surface area contributed by atoms with E-state index in [1.54, 1.807) is 6.20 Å². The Bertz CT molecular complexity index is 466. The number of hydrogen-bond donors (Lipinski definition) is 1. The van der Waals surface area contributed by atoms with Gasteiger partial charge in [0, 0.05) is 44.8 Å². The van der Waals surface area contributed by atoms with Gasteiger partial charge >= 0.3 is 0 Å². The molecule has 2 fully saturated rings. The fraction of sp³-hybridized carbons (Fsp3) is 0.615. The number of amides is 1. The first kappa shape index (κ1) is 12.3. The summed E-state index contributed by atoms with van der Waals surface area (Å²) < 4.78 is 0. The van der Waals surface area contributed by atoms with Crippen molar-refractivity contribution in [3.63, 3.8) is 0 Å². The Labute approximate surface area is 112 Å². The number of aromatic nitrogens is 2. The smallest absolute Gasteiger partial charge is 0.225 e. The van der Waals surface area contributed by atoms with Crippen LogP contribution in [0.15, 0.2) is 12.3 Å². The Morgan fingerprint density at radius 1 is 1.32 bits per heavy atom. The van der Waals surface area contributed by atoms with Gasteiger partial charge in [0.05, 0.1) is 5.69 Å². The molecule has 2 aliphatic rings. The fourth-order valence-electron chi connectivity index (χ4n) is 2.37. The highest BCUT2D eigenvalue weighted by atomic mass is 16.2. The first-order valence-corrected chi connectivity index (χ1v) is 6.83. The maximum Gasteiger partial charge on any atom is 0.225 e. The Hall–Kier alpha value is -1.69. The molecule has 0 unspecified atom stereocenters. The van der Waals surface area contributed by atoms with Crippen LogP contribution in [-0.2, 0) is 11.3 Å². The maximum atomic E-state index is 12.0. The highest BCUT2D eigenvalue weighted by Crippen LogP contribution is 2.31. The lowest BCUT2D eigenvalue weighted by molar-refractivity contribution is -0.132. The number of hydrogen-bond acceptors (Lipinski definition) is 5. The normalized spacial score (nSPS) is 19.6. The van der Waals surface area contributed by atoms with Gasteiger partial charge in [0.15, 0.2) is 0 Å². The quantitative estimate of drug-likeness (QED) is 0.828. The molecule has 6 heteroatoms. The van der Waals surface area contributed by atoms with Crippen molar-refractivity contribution in [1.82, 2.24) is 14.9 Å². The van der Waals surface area contributed by atoms with Gasteiger partial charge < -0.3 is 15.5 Å². The molecule has 1 saturated heterocycles. The molecule has 1 saturated carbocycles. The number of carbonyl (C=O) groups excluding carboxylic acids is 1. The molecular formula is C13H19N5O. The third-order valence-corrected chi connectivity index (χ3v) is 3.71. The first-order chi connectivity index (χ1) is 9.28. The van der Waals surface area contributed by atoms with Crippen LogP contribution < -0.4 is 10.6 Å². The van der Waals surface area contributed by atoms with E-state index < -0.39 is 0 Å². The molecule has 1 amide bonds. The Morgan fingerprint density at radius 3 is 2.68 bits per heavy atom. The summed E-state index contributed by atoms with van der Waals surface area (Å²) in [7, 11) is 0. The third-order valence-electron chi connectivity index (χ3n) is 3.71. The van der Waals surface area contributed by atoms with Gasteiger partial charge in [-0.3, -0.25) is 4.79 Å². The van der Waals surface area contributed by atoms with E-state index in [2.05, 4.69) is 14.9 Å². The van der Waals surface area contributed by atoms with Crippen molar-refractivity contribution in [3.05, 3.63) is 18.0 Å². The second kappa shape index (κ2) is 5.13. The van der Waals surface area contributed by atoms with Crippen LogP contribution in [-0.4, -0.2) is 47.0 Å². The van der Waals surface area contributed by atoms with E-state index in [1.165, 1.54) is 0 Å². The SMILES string of the molecule is NCc1ccnc(N2CCN(C(=O)C3CC3)CC2)n1. The van der Waals surface area contributed by atoms with Crippen LogP contribution in [0.2, 0.25) is 0 Å². The van der Waals surface area contributed by atoms with E-state index in [4.69, 9.17) is 5.73 Å². The zero-order chi connectivity index (χ0) is 13.2. The highest BCUT2D eigenvalue weighted by molar-refractivity contribution is 5.81. The van der Waals surface area contributed by atoms with Gasteiger partial charge in [-0.2, -0.15) is 0 Å². The summed E-state index contributed by atoms with van der Waals surface area (Å²) in [6.07, 6.45) is 3.88. The van der Waals surface area contributed by atoms with Gasteiger partial charge in [0.1, 0.15) is 0 Å². The minimum atomic E-state index is 0.309. The number of nitrogens with zero attached hydrogens (tertiary/aromatic N) is 4. The zero-order valence-electron chi connectivity index (χ0n) is 11.0. The van der Waals surface area contributed by atoms with E-state index in [9.17, 15) is 4.79 Å². The number of piperazine rings is 1. The standard InChI is InChI=1S/C13H19N5O/c14-9-11-3-4-15-13(16-11)18-7-5-17(6-8-18)12(19)10-1-2-10/h3-4,10H,1-2,5-9,14H2. The van der Waals surface area contributed by atoms with Gasteiger partial charge in [-0.25, -0.2) is 9.97 Å². The molecule has 6 nitrogen and oxygen atoms in total. The average molecular weight is 261 g/mol. The van der Waals surface area contributed by atoms with E-state index in [1.807, 2.05) is 11.0 Å². The number of carbonyl (C=O) groups is 1. The number of anilines is 1. The largest absolute Gasteiger partial charge is 0.339 e. The van der Waals surface area contributed by atoms with Crippen molar-refractivity contribution < 1.29 is 4.79 Å². The summed E-state index contributed by atoms with van der Waals surface area (Å²) in [6.45, 7) is 3.56. The van der Waals surface area contributed by atoms with Crippen LogP contribution in [0.25, 0.3) is 0 Å². The minimum absolute atomic E-state index is 0.309. The molecule has 0 aromatic carbocycles. The molecule has 2 N–H and O–H groups in total. The summed E-state index contributed by atoms with van der Waals surface area (Å²) in [5.74, 6) is 1.36. The lowest BCUT2D eigenvalue weighted by Crippen LogP contribution is -2.49. The molecule has 3 rings (SSSR count).